The lowest BCUT2D eigenvalue weighted by molar-refractivity contribution is -0.128. The van der Waals surface area contributed by atoms with Crippen LogP contribution in [0.1, 0.15) is 52.0 Å². The number of anilines is 3. The standard InChI is InChI=1S/C25H30Cl3N7O2/c1-13-12-37-8-5-18(13)31-23-30-11-19-21(34-23)35(15-3-6-25(2,7-4-15)22(29)36)24(32-19)33-20-16(27)9-14(26)10-17(20)28/h9-11,13,15,18H,3-8,12H2,1-2H3,(H2,29,36)(H,32,33)(H,30,31,34)/t13-,15?,18-,25?/m1/s1. The van der Waals surface area contributed by atoms with Gasteiger partial charge in [0.1, 0.15) is 5.52 Å². The Morgan fingerprint density at radius 3 is 2.51 bits per heavy atom. The first kappa shape index (κ1) is 26.3. The second-order valence-electron chi connectivity index (χ2n) is 10.3. The number of nitrogens with one attached hydrogen (secondary N) is 2. The van der Waals surface area contributed by atoms with Crippen LogP contribution in [0.15, 0.2) is 18.3 Å². The molecule has 37 heavy (non-hydrogen) atoms. The van der Waals surface area contributed by atoms with Crippen LogP contribution in [-0.4, -0.2) is 44.7 Å². The van der Waals surface area contributed by atoms with Crippen LogP contribution in [0.4, 0.5) is 17.6 Å². The van der Waals surface area contributed by atoms with Gasteiger partial charge in [-0.05, 0) is 50.2 Å². The first-order valence-corrected chi connectivity index (χ1v) is 13.6. The van der Waals surface area contributed by atoms with Crippen LogP contribution in [0.25, 0.3) is 11.2 Å². The zero-order valence-corrected chi connectivity index (χ0v) is 23.0. The highest BCUT2D eigenvalue weighted by Gasteiger charge is 2.38. The van der Waals surface area contributed by atoms with Gasteiger partial charge in [-0.15, -0.1) is 0 Å². The third-order valence-corrected chi connectivity index (χ3v) is 8.46. The van der Waals surface area contributed by atoms with Gasteiger partial charge in [0.05, 0.1) is 28.5 Å². The van der Waals surface area contributed by atoms with Crippen LogP contribution in [0.2, 0.25) is 15.1 Å². The largest absolute Gasteiger partial charge is 0.381 e. The Morgan fingerprint density at radius 2 is 1.86 bits per heavy atom. The number of carbonyl (C=O) groups is 1. The van der Waals surface area contributed by atoms with Crippen LogP contribution in [0, 0.1) is 11.3 Å². The number of primary amides is 1. The van der Waals surface area contributed by atoms with Gasteiger partial charge >= 0.3 is 0 Å². The van der Waals surface area contributed by atoms with Gasteiger partial charge in [-0.2, -0.15) is 4.98 Å². The summed E-state index contributed by atoms with van der Waals surface area (Å²) in [4.78, 5) is 26.3. The summed E-state index contributed by atoms with van der Waals surface area (Å²) in [7, 11) is 0. The Balaban J connectivity index is 1.54. The molecule has 3 heterocycles. The molecule has 3 aromatic rings. The van der Waals surface area contributed by atoms with Crippen LogP contribution in [0.5, 0.6) is 0 Å². The lowest BCUT2D eigenvalue weighted by Crippen LogP contribution is -2.38. The van der Waals surface area contributed by atoms with E-state index in [0.29, 0.717) is 75.8 Å². The van der Waals surface area contributed by atoms with Gasteiger partial charge in [0, 0.05) is 29.1 Å². The highest BCUT2D eigenvalue weighted by atomic mass is 35.5. The molecule has 0 spiro atoms. The molecule has 2 aliphatic rings. The Hall–Kier alpha value is -2.33. The zero-order valence-electron chi connectivity index (χ0n) is 20.7. The monoisotopic (exact) mass is 565 g/mol. The normalized spacial score (nSPS) is 26.2. The van der Waals surface area contributed by atoms with Crippen LogP contribution < -0.4 is 16.4 Å². The van der Waals surface area contributed by atoms with Gasteiger partial charge in [0.15, 0.2) is 5.65 Å². The molecule has 12 heteroatoms. The van der Waals surface area contributed by atoms with Crippen LogP contribution in [-0.2, 0) is 9.53 Å². The Morgan fingerprint density at radius 1 is 1.16 bits per heavy atom. The van der Waals surface area contributed by atoms with E-state index < -0.39 is 5.41 Å². The molecule has 1 saturated heterocycles. The maximum Gasteiger partial charge on any atom is 0.224 e. The molecule has 1 amide bonds. The van der Waals surface area contributed by atoms with Crippen LogP contribution in [0.3, 0.4) is 0 Å². The van der Waals surface area contributed by atoms with Crippen molar-refractivity contribution in [1.82, 2.24) is 19.5 Å². The minimum Gasteiger partial charge on any atom is -0.381 e. The lowest BCUT2D eigenvalue weighted by Gasteiger charge is -2.35. The summed E-state index contributed by atoms with van der Waals surface area (Å²) in [6.45, 7) is 5.50. The van der Waals surface area contributed by atoms with Crippen molar-refractivity contribution in [3.63, 3.8) is 0 Å². The van der Waals surface area contributed by atoms with Gasteiger partial charge in [0.25, 0.3) is 0 Å². The molecular formula is C25H30Cl3N7O2. The molecule has 2 aromatic heterocycles. The first-order chi connectivity index (χ1) is 17.6. The molecule has 2 fully saturated rings. The molecule has 4 N–H and O–H groups in total. The highest BCUT2D eigenvalue weighted by Crippen LogP contribution is 2.44. The van der Waals surface area contributed by atoms with Crippen molar-refractivity contribution < 1.29 is 9.53 Å². The average molecular weight is 567 g/mol. The fraction of sp³-hybridized carbons (Fsp3) is 0.520. The third-order valence-electron chi connectivity index (χ3n) is 7.65. The second kappa shape index (κ2) is 10.4. The summed E-state index contributed by atoms with van der Waals surface area (Å²) < 4.78 is 7.64. The molecule has 198 valence electrons. The van der Waals surface area contributed by atoms with E-state index in [0.717, 1.165) is 19.3 Å². The van der Waals surface area contributed by atoms with E-state index in [9.17, 15) is 4.79 Å². The maximum atomic E-state index is 12.1. The highest BCUT2D eigenvalue weighted by molar-refractivity contribution is 6.41. The summed E-state index contributed by atoms with van der Waals surface area (Å²) in [6, 6.07) is 3.51. The van der Waals surface area contributed by atoms with Gasteiger partial charge in [-0.3, -0.25) is 9.36 Å². The summed E-state index contributed by atoms with van der Waals surface area (Å²) in [6.07, 6.45) is 5.43. The predicted molar refractivity (Wildman–Crippen MR) is 147 cm³/mol. The lowest BCUT2D eigenvalue weighted by atomic mass is 9.73. The molecule has 0 radical (unpaired) electrons. The van der Waals surface area contributed by atoms with Crippen molar-refractivity contribution in [2.24, 2.45) is 17.1 Å². The van der Waals surface area contributed by atoms with Crippen LogP contribution >= 0.6 is 34.8 Å². The van der Waals surface area contributed by atoms with Crippen molar-refractivity contribution >= 4 is 69.5 Å². The number of imidazole rings is 1. The summed E-state index contributed by atoms with van der Waals surface area (Å²) in [5.74, 6) is 1.16. The average Bonchev–Trinajstić information content (AvgIpc) is 3.20. The van der Waals surface area contributed by atoms with Gasteiger partial charge in [-0.25, -0.2) is 9.97 Å². The fourth-order valence-electron chi connectivity index (χ4n) is 5.17. The minimum atomic E-state index is -0.524. The van der Waals surface area contributed by atoms with Crippen molar-refractivity contribution in [2.75, 3.05) is 23.8 Å². The van der Waals surface area contributed by atoms with E-state index in [4.69, 9.17) is 55.2 Å². The molecule has 1 aliphatic carbocycles. The minimum absolute atomic E-state index is 0.0366. The quantitative estimate of drug-likeness (QED) is 0.336. The van der Waals surface area contributed by atoms with Crippen molar-refractivity contribution in [3.8, 4) is 0 Å². The van der Waals surface area contributed by atoms with Crippen molar-refractivity contribution in [1.29, 1.82) is 0 Å². The Labute approximate surface area is 230 Å². The maximum absolute atomic E-state index is 12.1. The van der Waals surface area contributed by atoms with E-state index >= 15 is 0 Å². The number of aromatic nitrogens is 4. The van der Waals surface area contributed by atoms with Gasteiger partial charge in [0.2, 0.25) is 17.8 Å². The molecule has 2 atom stereocenters. The predicted octanol–water partition coefficient (Wildman–Crippen LogP) is 5.97. The number of amides is 1. The third kappa shape index (κ3) is 5.32. The van der Waals surface area contributed by atoms with E-state index in [1.54, 1.807) is 18.3 Å². The second-order valence-corrected chi connectivity index (χ2v) is 11.6. The SMILES string of the molecule is C[C@@H]1COCC[C@H]1Nc1ncc2nc(Nc3c(Cl)cc(Cl)cc3Cl)n(C3CCC(C)(C(N)=O)CC3)c2n1. The molecule has 1 aromatic carbocycles. The molecular weight excluding hydrogens is 537 g/mol. The summed E-state index contributed by atoms with van der Waals surface area (Å²) in [5, 5.41) is 7.99. The number of fused-ring (bicyclic) bond motifs is 1. The number of hydrogen-bond acceptors (Lipinski definition) is 7. The van der Waals surface area contributed by atoms with Crippen molar-refractivity contribution in [2.45, 2.75) is 58.0 Å². The number of rotatable bonds is 6. The molecule has 5 rings (SSSR count). The molecule has 1 aliphatic heterocycles. The van der Waals surface area contributed by atoms with E-state index in [1.165, 1.54) is 0 Å². The topological polar surface area (TPSA) is 120 Å². The van der Waals surface area contributed by atoms with Gasteiger partial charge < -0.3 is 21.1 Å². The molecule has 9 nitrogen and oxygen atoms in total. The number of nitrogens with two attached hydrogens (primary N) is 1. The number of halogens is 3. The molecule has 0 bridgehead atoms. The van der Waals surface area contributed by atoms with E-state index in [-0.39, 0.29) is 18.0 Å². The fourth-order valence-corrected chi connectivity index (χ4v) is 6.08. The number of hydrogen-bond donors (Lipinski definition) is 3. The number of carbonyl (C=O) groups excluding carboxylic acids is 1. The summed E-state index contributed by atoms with van der Waals surface area (Å²) >= 11 is 19.1. The molecule has 0 unspecified atom stereocenters. The number of benzene rings is 1. The Kier molecular flexibility index (Phi) is 7.42. The zero-order chi connectivity index (χ0) is 26.3. The number of nitrogens with zero attached hydrogens (tertiary/aromatic N) is 4. The van der Waals surface area contributed by atoms with E-state index in [1.807, 2.05) is 6.92 Å². The molecule has 1 saturated carbocycles. The van der Waals surface area contributed by atoms with Crippen molar-refractivity contribution in [3.05, 3.63) is 33.4 Å². The van der Waals surface area contributed by atoms with Gasteiger partial charge in [-0.1, -0.05) is 48.7 Å². The smallest absolute Gasteiger partial charge is 0.224 e. The summed E-state index contributed by atoms with van der Waals surface area (Å²) in [5.41, 5.74) is 7.01. The first-order valence-electron chi connectivity index (χ1n) is 12.5. The Bertz CT molecular complexity index is 1300. The number of ether oxygens (including phenoxy) is 1. The van der Waals surface area contributed by atoms with E-state index in [2.05, 4.69) is 27.1 Å².